The lowest BCUT2D eigenvalue weighted by atomic mass is 10.2. The van der Waals surface area contributed by atoms with E-state index < -0.39 is 12.5 Å². The van der Waals surface area contributed by atoms with Gasteiger partial charge >= 0.3 is 0 Å². The molecule has 0 amide bonds. The Morgan fingerprint density at radius 3 is 2.88 bits per heavy atom. The number of halogens is 4. The van der Waals surface area contributed by atoms with Crippen molar-refractivity contribution in [2.45, 2.75) is 25.4 Å². The van der Waals surface area contributed by atoms with Crippen molar-refractivity contribution >= 4 is 44.3 Å². The molecule has 0 saturated heterocycles. The Hall–Kier alpha value is -1.64. The van der Waals surface area contributed by atoms with Crippen molar-refractivity contribution in [3.8, 4) is 0 Å². The molecule has 24 heavy (non-hydrogen) atoms. The number of fused-ring (bicyclic) bond motifs is 1. The molecule has 0 spiro atoms. The molecule has 0 aliphatic carbocycles. The Balaban J connectivity index is 1.94. The van der Waals surface area contributed by atoms with E-state index in [1.165, 1.54) is 0 Å². The second-order valence-electron chi connectivity index (χ2n) is 5.14. The van der Waals surface area contributed by atoms with Gasteiger partial charge in [-0.05, 0) is 28.1 Å². The van der Waals surface area contributed by atoms with Gasteiger partial charge in [0.1, 0.15) is 22.2 Å². The number of anilines is 1. The average Bonchev–Trinajstić information content (AvgIpc) is 3.15. The molecule has 0 aliphatic rings. The molecule has 5 nitrogen and oxygen atoms in total. The van der Waals surface area contributed by atoms with E-state index in [2.05, 4.69) is 26.2 Å². The average molecular weight is 421 g/mol. The number of hydrogen-bond acceptors (Lipinski definition) is 5. The number of furan rings is 2. The lowest BCUT2D eigenvalue weighted by molar-refractivity contribution is 0.113. The van der Waals surface area contributed by atoms with E-state index in [1.54, 1.807) is 18.4 Å². The van der Waals surface area contributed by atoms with Gasteiger partial charge in [-0.2, -0.15) is 0 Å². The smallest absolute Gasteiger partial charge is 0.253 e. The highest BCUT2D eigenvalue weighted by atomic mass is 79.9. The van der Waals surface area contributed by atoms with Gasteiger partial charge in [0.25, 0.3) is 6.43 Å². The quantitative estimate of drug-likeness (QED) is 0.571. The summed E-state index contributed by atoms with van der Waals surface area (Å²) in [6.07, 6.45) is -1.19. The Bertz CT molecular complexity index is 839. The third-order valence-electron chi connectivity index (χ3n) is 3.40. The molecule has 1 atom stereocenters. The molecule has 0 saturated carbocycles. The lowest BCUT2D eigenvalue weighted by Gasteiger charge is -2.08. The maximum atomic E-state index is 12.7. The number of nitrogens with zero attached hydrogens (tertiary/aromatic N) is 1. The van der Waals surface area contributed by atoms with Crippen LogP contribution < -0.4 is 11.1 Å². The molecule has 0 unspecified atom stereocenters. The van der Waals surface area contributed by atoms with Crippen molar-refractivity contribution in [1.29, 1.82) is 0 Å². The third kappa shape index (κ3) is 3.55. The summed E-state index contributed by atoms with van der Waals surface area (Å²) in [6.45, 7) is 0.409. The van der Waals surface area contributed by atoms with Crippen LogP contribution in [0.3, 0.4) is 0 Å². The number of rotatable bonds is 6. The zero-order valence-corrected chi connectivity index (χ0v) is 14.6. The van der Waals surface area contributed by atoms with Crippen molar-refractivity contribution in [2.24, 2.45) is 5.73 Å². The van der Waals surface area contributed by atoms with Crippen molar-refractivity contribution in [1.82, 2.24) is 4.98 Å². The summed E-state index contributed by atoms with van der Waals surface area (Å²) in [6, 6.07) is 3.87. The molecule has 3 heterocycles. The predicted octanol–water partition coefficient (Wildman–Crippen LogP) is 4.58. The minimum absolute atomic E-state index is 0.121. The van der Waals surface area contributed by atoms with E-state index in [0.717, 1.165) is 5.76 Å². The second kappa shape index (κ2) is 7.08. The largest absolute Gasteiger partial charge is 0.467 e. The normalized spacial score (nSPS) is 12.9. The van der Waals surface area contributed by atoms with Crippen LogP contribution in [0.4, 0.5) is 14.5 Å². The van der Waals surface area contributed by atoms with Crippen molar-refractivity contribution in [2.75, 3.05) is 5.32 Å². The minimum atomic E-state index is -2.64. The lowest BCUT2D eigenvalue weighted by Crippen LogP contribution is -2.30. The zero-order chi connectivity index (χ0) is 17.3. The highest BCUT2D eigenvalue weighted by Crippen LogP contribution is 2.36. The molecule has 3 aromatic rings. The summed E-state index contributed by atoms with van der Waals surface area (Å²) in [5.74, 6) is 1.02. The van der Waals surface area contributed by atoms with Crippen molar-refractivity contribution in [3.63, 3.8) is 0 Å². The van der Waals surface area contributed by atoms with Crippen molar-refractivity contribution < 1.29 is 17.6 Å². The monoisotopic (exact) mass is 419 g/mol. The number of nitrogens with one attached hydrogen (secondary N) is 1. The molecule has 0 aliphatic heterocycles. The van der Waals surface area contributed by atoms with Crippen LogP contribution in [0.2, 0.25) is 5.15 Å². The molecule has 9 heteroatoms. The van der Waals surface area contributed by atoms with Gasteiger partial charge in [0, 0.05) is 12.5 Å². The van der Waals surface area contributed by atoms with Gasteiger partial charge in [0.2, 0.25) is 0 Å². The zero-order valence-electron chi connectivity index (χ0n) is 12.2. The molecule has 0 aromatic carbocycles. The first-order valence-corrected chi connectivity index (χ1v) is 8.20. The fraction of sp³-hybridized carbons (Fsp3) is 0.267. The van der Waals surface area contributed by atoms with Gasteiger partial charge in [-0.1, -0.05) is 11.6 Å². The van der Waals surface area contributed by atoms with Crippen LogP contribution >= 0.6 is 27.5 Å². The predicted molar refractivity (Wildman–Crippen MR) is 90.4 cm³/mol. The standard InChI is InChI=1S/C15H13BrClF2N3O2/c16-12-10(4-8(20)15(18)19)24-14-9(5-11(17)22-13(12)14)21-6-7-2-1-3-23-7/h1-3,5,8,15H,4,6,20H2,(H,21,22)/t8-/m1/s1. The minimum Gasteiger partial charge on any atom is -0.467 e. The Labute approximate surface area is 149 Å². The van der Waals surface area contributed by atoms with E-state index in [0.29, 0.717) is 33.6 Å². The van der Waals surface area contributed by atoms with Crippen LogP contribution in [-0.2, 0) is 13.0 Å². The van der Waals surface area contributed by atoms with Crippen LogP contribution in [0.1, 0.15) is 11.5 Å². The maximum absolute atomic E-state index is 12.7. The van der Waals surface area contributed by atoms with Crippen LogP contribution in [0.25, 0.3) is 11.1 Å². The van der Waals surface area contributed by atoms with E-state index in [9.17, 15) is 8.78 Å². The van der Waals surface area contributed by atoms with E-state index in [-0.39, 0.29) is 11.6 Å². The molecule has 3 N–H and O–H groups in total. The molecule has 3 aromatic heterocycles. The summed E-state index contributed by atoms with van der Waals surface area (Å²) in [7, 11) is 0. The van der Waals surface area contributed by atoms with Crippen LogP contribution in [0.5, 0.6) is 0 Å². The molecular weight excluding hydrogens is 408 g/mol. The Kier molecular flexibility index (Phi) is 5.07. The van der Waals surface area contributed by atoms with Gasteiger partial charge in [-0.15, -0.1) is 0 Å². The molecule has 128 valence electrons. The van der Waals surface area contributed by atoms with Gasteiger partial charge in [-0.25, -0.2) is 13.8 Å². The fourth-order valence-corrected chi connectivity index (χ4v) is 2.92. The molecule has 0 radical (unpaired) electrons. The number of hydrogen-bond donors (Lipinski definition) is 2. The maximum Gasteiger partial charge on any atom is 0.253 e. The van der Waals surface area contributed by atoms with Gasteiger partial charge in [-0.3, -0.25) is 0 Å². The van der Waals surface area contributed by atoms with Gasteiger partial charge in [0.05, 0.1) is 29.0 Å². The molecule has 0 bridgehead atoms. The molecule has 3 rings (SSSR count). The fourth-order valence-electron chi connectivity index (χ4n) is 2.22. The van der Waals surface area contributed by atoms with E-state index in [4.69, 9.17) is 26.2 Å². The van der Waals surface area contributed by atoms with Crippen LogP contribution in [-0.4, -0.2) is 17.5 Å². The Morgan fingerprint density at radius 2 is 2.21 bits per heavy atom. The topological polar surface area (TPSA) is 77.2 Å². The summed E-state index contributed by atoms with van der Waals surface area (Å²) in [5.41, 5.74) is 6.86. The second-order valence-corrected chi connectivity index (χ2v) is 6.33. The van der Waals surface area contributed by atoms with E-state index in [1.807, 2.05) is 6.07 Å². The Morgan fingerprint density at radius 1 is 1.42 bits per heavy atom. The highest BCUT2D eigenvalue weighted by molar-refractivity contribution is 9.10. The summed E-state index contributed by atoms with van der Waals surface area (Å²) in [4.78, 5) is 4.19. The summed E-state index contributed by atoms with van der Waals surface area (Å²) < 4.78 is 36.8. The first-order valence-electron chi connectivity index (χ1n) is 7.03. The first kappa shape index (κ1) is 17.2. The van der Waals surface area contributed by atoms with E-state index >= 15 is 0 Å². The third-order valence-corrected chi connectivity index (χ3v) is 4.41. The highest BCUT2D eigenvalue weighted by Gasteiger charge is 2.23. The van der Waals surface area contributed by atoms with Gasteiger partial charge in [0.15, 0.2) is 5.58 Å². The molecular formula is C15H13BrClF2N3O2. The number of aromatic nitrogens is 1. The van der Waals surface area contributed by atoms with Gasteiger partial charge < -0.3 is 19.9 Å². The SMILES string of the molecule is N[C@H](Cc1oc2c(NCc3ccco3)cc(Cl)nc2c1Br)C(F)F. The first-order chi connectivity index (χ1) is 11.5. The van der Waals surface area contributed by atoms with Crippen LogP contribution in [0.15, 0.2) is 37.8 Å². The van der Waals surface area contributed by atoms with Crippen molar-refractivity contribution in [3.05, 3.63) is 45.6 Å². The molecule has 0 fully saturated rings. The summed E-state index contributed by atoms with van der Waals surface area (Å²) >= 11 is 9.37. The summed E-state index contributed by atoms with van der Waals surface area (Å²) in [5, 5.41) is 3.38. The number of pyridine rings is 1. The number of alkyl halides is 2. The van der Waals surface area contributed by atoms with Crippen LogP contribution in [0, 0.1) is 0 Å². The number of nitrogens with two attached hydrogens (primary N) is 1.